The number of carbonyl (C=O) groups is 1. The van der Waals surface area contributed by atoms with Crippen molar-refractivity contribution < 1.29 is 17.9 Å². The number of ether oxygens (including phenoxy) is 1. The molecule has 2 aromatic carbocycles. The predicted molar refractivity (Wildman–Crippen MR) is 97.9 cm³/mol. The van der Waals surface area contributed by atoms with Crippen LogP contribution >= 0.6 is 0 Å². The molecule has 7 heteroatoms. The fourth-order valence-electron chi connectivity index (χ4n) is 2.85. The zero-order valence-electron chi connectivity index (χ0n) is 14.2. The van der Waals surface area contributed by atoms with Crippen LogP contribution in [0.4, 0.5) is 11.4 Å². The molecule has 1 fully saturated rings. The first-order valence-electron chi connectivity index (χ1n) is 7.97. The first-order chi connectivity index (χ1) is 11.9. The summed E-state index contributed by atoms with van der Waals surface area (Å²) in [7, 11) is -1.77. The van der Waals surface area contributed by atoms with Gasteiger partial charge in [0.15, 0.2) is 0 Å². The molecule has 1 heterocycles. The van der Waals surface area contributed by atoms with Gasteiger partial charge in [-0.1, -0.05) is 17.7 Å². The van der Waals surface area contributed by atoms with Crippen LogP contribution in [-0.4, -0.2) is 33.7 Å². The van der Waals surface area contributed by atoms with E-state index in [0.29, 0.717) is 35.7 Å². The highest BCUT2D eigenvalue weighted by atomic mass is 32.2. The lowest BCUT2D eigenvalue weighted by molar-refractivity contribution is 0.102. The second-order valence-electron chi connectivity index (χ2n) is 5.95. The molecule has 25 heavy (non-hydrogen) atoms. The number of amides is 1. The van der Waals surface area contributed by atoms with E-state index in [1.165, 1.54) is 11.4 Å². The van der Waals surface area contributed by atoms with E-state index in [9.17, 15) is 13.2 Å². The van der Waals surface area contributed by atoms with Crippen molar-refractivity contribution in [3.8, 4) is 5.75 Å². The average Bonchev–Trinajstić information content (AvgIpc) is 2.94. The Hall–Kier alpha value is -2.54. The minimum atomic E-state index is -3.26. The lowest BCUT2D eigenvalue weighted by Crippen LogP contribution is -2.25. The average molecular weight is 360 g/mol. The van der Waals surface area contributed by atoms with E-state index < -0.39 is 10.0 Å². The Kier molecular flexibility index (Phi) is 4.67. The fourth-order valence-corrected chi connectivity index (χ4v) is 4.40. The molecular weight excluding hydrogens is 340 g/mol. The van der Waals surface area contributed by atoms with Gasteiger partial charge in [-0.15, -0.1) is 0 Å². The van der Waals surface area contributed by atoms with Crippen molar-refractivity contribution in [1.29, 1.82) is 0 Å². The molecule has 132 valence electrons. The maximum absolute atomic E-state index is 12.4. The molecule has 3 rings (SSSR count). The highest BCUT2D eigenvalue weighted by molar-refractivity contribution is 7.93. The Morgan fingerprint density at radius 3 is 2.64 bits per heavy atom. The number of carbonyl (C=O) groups excluding carboxylic acids is 1. The van der Waals surface area contributed by atoms with Gasteiger partial charge in [-0.05, 0) is 37.6 Å². The van der Waals surface area contributed by atoms with Gasteiger partial charge in [0.1, 0.15) is 5.75 Å². The summed E-state index contributed by atoms with van der Waals surface area (Å²) in [6.07, 6.45) is 0.608. The molecule has 0 spiro atoms. The zero-order valence-corrected chi connectivity index (χ0v) is 15.0. The SMILES string of the molecule is COc1cc(N2CCCS2(=O)=O)ccc1NC(=O)c1cccc(C)c1. The molecule has 1 aliphatic heterocycles. The van der Waals surface area contributed by atoms with E-state index in [0.717, 1.165) is 5.56 Å². The molecule has 0 radical (unpaired) electrons. The van der Waals surface area contributed by atoms with Crippen molar-refractivity contribution in [1.82, 2.24) is 0 Å². The van der Waals surface area contributed by atoms with Crippen LogP contribution in [0.2, 0.25) is 0 Å². The molecule has 1 saturated heterocycles. The minimum Gasteiger partial charge on any atom is -0.494 e. The van der Waals surface area contributed by atoms with E-state index in [-0.39, 0.29) is 11.7 Å². The maximum Gasteiger partial charge on any atom is 0.255 e. The number of nitrogens with zero attached hydrogens (tertiary/aromatic N) is 1. The number of sulfonamides is 1. The van der Waals surface area contributed by atoms with Gasteiger partial charge in [0.05, 0.1) is 24.2 Å². The lowest BCUT2D eigenvalue weighted by Gasteiger charge is -2.19. The molecule has 0 bridgehead atoms. The van der Waals surface area contributed by atoms with Crippen molar-refractivity contribution in [3.63, 3.8) is 0 Å². The van der Waals surface area contributed by atoms with Gasteiger partial charge in [-0.2, -0.15) is 0 Å². The number of methoxy groups -OCH3 is 1. The molecular formula is C18H20N2O4S. The molecule has 0 saturated carbocycles. The van der Waals surface area contributed by atoms with Crippen LogP contribution < -0.4 is 14.4 Å². The summed E-state index contributed by atoms with van der Waals surface area (Å²) in [5.41, 5.74) is 2.58. The smallest absolute Gasteiger partial charge is 0.255 e. The van der Waals surface area contributed by atoms with Crippen molar-refractivity contribution >= 4 is 27.3 Å². The molecule has 1 amide bonds. The Morgan fingerprint density at radius 1 is 1.20 bits per heavy atom. The second kappa shape index (κ2) is 6.76. The zero-order chi connectivity index (χ0) is 18.0. The summed E-state index contributed by atoms with van der Waals surface area (Å²) in [5.74, 6) is 0.324. The first kappa shape index (κ1) is 17.3. The van der Waals surface area contributed by atoms with Gasteiger partial charge >= 0.3 is 0 Å². The topological polar surface area (TPSA) is 75.7 Å². The highest BCUT2D eigenvalue weighted by Crippen LogP contribution is 2.33. The summed E-state index contributed by atoms with van der Waals surface area (Å²) >= 11 is 0. The van der Waals surface area contributed by atoms with Gasteiger partial charge in [0, 0.05) is 18.2 Å². The van der Waals surface area contributed by atoms with Crippen molar-refractivity contribution in [3.05, 3.63) is 53.6 Å². The number of rotatable bonds is 4. The van der Waals surface area contributed by atoms with Crippen LogP contribution in [0.25, 0.3) is 0 Å². The second-order valence-corrected chi connectivity index (χ2v) is 7.96. The van der Waals surface area contributed by atoms with E-state index in [1.54, 1.807) is 30.3 Å². The van der Waals surface area contributed by atoms with E-state index >= 15 is 0 Å². The van der Waals surface area contributed by atoms with Crippen LogP contribution in [0.15, 0.2) is 42.5 Å². The van der Waals surface area contributed by atoms with Gasteiger partial charge in [-0.3, -0.25) is 9.10 Å². The van der Waals surface area contributed by atoms with Crippen LogP contribution in [0, 0.1) is 6.92 Å². The Labute approximate surface area is 147 Å². The van der Waals surface area contributed by atoms with Crippen LogP contribution in [0.5, 0.6) is 5.75 Å². The lowest BCUT2D eigenvalue weighted by atomic mass is 10.1. The van der Waals surface area contributed by atoms with Gasteiger partial charge in [0.2, 0.25) is 10.0 Å². The number of benzene rings is 2. The van der Waals surface area contributed by atoms with Gasteiger partial charge in [0.25, 0.3) is 5.91 Å². The number of hydrogen-bond donors (Lipinski definition) is 1. The number of aryl methyl sites for hydroxylation is 1. The molecule has 1 N–H and O–H groups in total. The van der Waals surface area contributed by atoms with Crippen LogP contribution in [-0.2, 0) is 10.0 Å². The van der Waals surface area contributed by atoms with E-state index in [4.69, 9.17) is 4.74 Å². The van der Waals surface area contributed by atoms with E-state index in [1.807, 2.05) is 19.1 Å². The summed E-state index contributed by atoms with van der Waals surface area (Å²) < 4.78 is 30.8. The van der Waals surface area contributed by atoms with Gasteiger partial charge < -0.3 is 10.1 Å². The molecule has 6 nitrogen and oxygen atoms in total. The molecule has 0 aliphatic carbocycles. The third-order valence-corrected chi connectivity index (χ3v) is 5.97. The summed E-state index contributed by atoms with van der Waals surface area (Å²) in [6.45, 7) is 2.38. The minimum absolute atomic E-state index is 0.154. The summed E-state index contributed by atoms with van der Waals surface area (Å²) in [5, 5.41) is 2.81. The van der Waals surface area contributed by atoms with Crippen molar-refractivity contribution in [2.24, 2.45) is 0 Å². The predicted octanol–water partition coefficient (Wildman–Crippen LogP) is 2.80. The highest BCUT2D eigenvalue weighted by Gasteiger charge is 2.29. The molecule has 0 atom stereocenters. The van der Waals surface area contributed by atoms with Crippen molar-refractivity contribution in [2.75, 3.05) is 29.0 Å². The third kappa shape index (κ3) is 3.61. The Bertz CT molecular complexity index is 909. The summed E-state index contributed by atoms with van der Waals surface area (Å²) in [4.78, 5) is 12.4. The number of nitrogens with one attached hydrogen (secondary N) is 1. The maximum atomic E-state index is 12.4. The molecule has 1 aliphatic rings. The van der Waals surface area contributed by atoms with E-state index in [2.05, 4.69) is 5.32 Å². The molecule has 0 unspecified atom stereocenters. The van der Waals surface area contributed by atoms with Gasteiger partial charge in [-0.25, -0.2) is 8.42 Å². The number of hydrogen-bond acceptors (Lipinski definition) is 4. The fraction of sp³-hybridized carbons (Fsp3) is 0.278. The largest absolute Gasteiger partial charge is 0.494 e. The van der Waals surface area contributed by atoms with Crippen LogP contribution in [0.1, 0.15) is 22.3 Å². The molecule has 2 aromatic rings. The van der Waals surface area contributed by atoms with Crippen LogP contribution in [0.3, 0.4) is 0 Å². The number of anilines is 2. The Balaban J connectivity index is 1.86. The summed E-state index contributed by atoms with van der Waals surface area (Å²) in [6, 6.07) is 12.3. The quantitative estimate of drug-likeness (QED) is 0.910. The molecule has 0 aromatic heterocycles. The first-order valence-corrected chi connectivity index (χ1v) is 9.58. The Morgan fingerprint density at radius 2 is 2.00 bits per heavy atom. The standard InChI is InChI=1S/C18H20N2O4S/c1-13-5-3-6-14(11-13)18(21)19-16-8-7-15(12-17(16)24-2)20-9-4-10-25(20,22)23/h3,5-8,11-12H,4,9-10H2,1-2H3,(H,19,21). The van der Waals surface area contributed by atoms with Crippen molar-refractivity contribution in [2.45, 2.75) is 13.3 Å². The normalized spacial score (nSPS) is 15.8. The third-order valence-electron chi connectivity index (χ3n) is 4.10. The monoisotopic (exact) mass is 360 g/mol.